The standard InChI is InChI=1S/C20H25ClN2O3S/c1-14-10-18(15(2)23(14)17-8-9-27(25,26)13-17)20(24)12-22(3)11-16-6-4-5-7-19(16)21/h4-7,10,17H,8-9,11-13H2,1-3H3. The summed E-state index contributed by atoms with van der Waals surface area (Å²) < 4.78 is 25.7. The molecule has 7 heteroatoms. The van der Waals surface area contributed by atoms with Crippen LogP contribution in [0.15, 0.2) is 30.3 Å². The number of carbonyl (C=O) groups is 1. The Labute approximate surface area is 165 Å². The van der Waals surface area contributed by atoms with Crippen LogP contribution in [0.2, 0.25) is 5.02 Å². The summed E-state index contributed by atoms with van der Waals surface area (Å²) >= 11 is 6.20. The predicted molar refractivity (Wildman–Crippen MR) is 108 cm³/mol. The van der Waals surface area contributed by atoms with Crippen molar-refractivity contribution < 1.29 is 13.2 Å². The number of benzene rings is 1. The van der Waals surface area contributed by atoms with Crippen molar-refractivity contribution in [3.8, 4) is 0 Å². The van der Waals surface area contributed by atoms with Crippen molar-refractivity contribution in [3.05, 3.63) is 57.9 Å². The van der Waals surface area contributed by atoms with E-state index in [0.29, 0.717) is 23.6 Å². The maximum absolute atomic E-state index is 12.9. The summed E-state index contributed by atoms with van der Waals surface area (Å²) in [6, 6.07) is 9.42. The van der Waals surface area contributed by atoms with Gasteiger partial charge in [0.05, 0.1) is 18.1 Å². The lowest BCUT2D eigenvalue weighted by Crippen LogP contribution is -2.26. The molecule has 0 amide bonds. The number of sulfone groups is 1. The van der Waals surface area contributed by atoms with Crippen molar-refractivity contribution in [2.75, 3.05) is 25.1 Å². The molecule has 0 saturated carbocycles. The fourth-order valence-electron chi connectivity index (χ4n) is 3.90. The first-order valence-corrected chi connectivity index (χ1v) is 11.2. The molecule has 0 radical (unpaired) electrons. The minimum atomic E-state index is -2.97. The first-order chi connectivity index (χ1) is 12.7. The van der Waals surface area contributed by atoms with Crippen molar-refractivity contribution >= 4 is 27.2 Å². The Balaban J connectivity index is 1.74. The van der Waals surface area contributed by atoms with Gasteiger partial charge in [-0.15, -0.1) is 0 Å². The number of aryl methyl sites for hydroxylation is 1. The van der Waals surface area contributed by atoms with E-state index in [9.17, 15) is 13.2 Å². The van der Waals surface area contributed by atoms with E-state index < -0.39 is 9.84 Å². The average molecular weight is 409 g/mol. The molecular weight excluding hydrogens is 384 g/mol. The molecule has 2 aromatic rings. The molecule has 0 spiro atoms. The highest BCUT2D eigenvalue weighted by Crippen LogP contribution is 2.29. The number of hydrogen-bond donors (Lipinski definition) is 0. The maximum atomic E-state index is 12.9. The van der Waals surface area contributed by atoms with Gasteiger partial charge in [-0.1, -0.05) is 29.8 Å². The number of aromatic nitrogens is 1. The van der Waals surface area contributed by atoms with Crippen LogP contribution >= 0.6 is 11.6 Å². The lowest BCUT2D eigenvalue weighted by atomic mass is 10.1. The molecule has 1 unspecified atom stereocenters. The second-order valence-corrected chi connectivity index (χ2v) is 10.0. The summed E-state index contributed by atoms with van der Waals surface area (Å²) in [6.07, 6.45) is 0.610. The molecule has 2 heterocycles. The van der Waals surface area contributed by atoms with Crippen LogP contribution in [0.25, 0.3) is 0 Å². The molecule has 0 bridgehead atoms. The topological polar surface area (TPSA) is 59.4 Å². The quantitative estimate of drug-likeness (QED) is 0.687. The smallest absolute Gasteiger partial charge is 0.178 e. The Bertz CT molecular complexity index is 966. The van der Waals surface area contributed by atoms with E-state index in [1.165, 1.54) is 0 Å². The molecule has 27 heavy (non-hydrogen) atoms. The Morgan fingerprint density at radius 2 is 2.00 bits per heavy atom. The van der Waals surface area contributed by atoms with Crippen LogP contribution in [0.4, 0.5) is 0 Å². The van der Waals surface area contributed by atoms with E-state index in [4.69, 9.17) is 11.6 Å². The fourth-order valence-corrected chi connectivity index (χ4v) is 5.80. The van der Waals surface area contributed by atoms with Gasteiger partial charge in [0.2, 0.25) is 0 Å². The molecule has 1 aromatic heterocycles. The van der Waals surface area contributed by atoms with Crippen LogP contribution in [0.5, 0.6) is 0 Å². The second kappa shape index (κ2) is 7.78. The summed E-state index contributed by atoms with van der Waals surface area (Å²) in [6.45, 7) is 4.70. The third kappa shape index (κ3) is 4.45. The summed E-state index contributed by atoms with van der Waals surface area (Å²) in [5.41, 5.74) is 3.44. The van der Waals surface area contributed by atoms with Crippen LogP contribution in [0, 0.1) is 13.8 Å². The molecule has 146 valence electrons. The van der Waals surface area contributed by atoms with Gasteiger partial charge in [-0.05, 0) is 45.0 Å². The highest BCUT2D eigenvalue weighted by molar-refractivity contribution is 7.91. The molecule has 1 atom stereocenters. The highest BCUT2D eigenvalue weighted by Gasteiger charge is 2.31. The van der Waals surface area contributed by atoms with E-state index in [1.54, 1.807) is 0 Å². The number of nitrogens with zero attached hydrogens (tertiary/aromatic N) is 2. The van der Waals surface area contributed by atoms with Crippen molar-refractivity contribution in [2.45, 2.75) is 32.9 Å². The van der Waals surface area contributed by atoms with Gasteiger partial charge in [0, 0.05) is 34.6 Å². The van der Waals surface area contributed by atoms with Crippen molar-refractivity contribution in [3.63, 3.8) is 0 Å². The number of ketones is 1. The van der Waals surface area contributed by atoms with Crippen LogP contribution in [-0.4, -0.2) is 48.8 Å². The number of rotatable bonds is 6. The Kier molecular flexibility index (Phi) is 5.79. The summed E-state index contributed by atoms with van der Waals surface area (Å²) in [5, 5.41) is 0.692. The number of carbonyl (C=O) groups excluding carboxylic acids is 1. The van der Waals surface area contributed by atoms with E-state index in [0.717, 1.165) is 17.0 Å². The first kappa shape index (κ1) is 20.1. The lowest BCUT2D eigenvalue weighted by Gasteiger charge is -2.18. The van der Waals surface area contributed by atoms with E-state index in [2.05, 4.69) is 0 Å². The number of Topliss-reactive ketones (excluding diaryl/α,β-unsaturated/α-hetero) is 1. The Morgan fingerprint density at radius 3 is 2.63 bits per heavy atom. The van der Waals surface area contributed by atoms with Gasteiger partial charge >= 0.3 is 0 Å². The van der Waals surface area contributed by atoms with E-state index in [-0.39, 0.29) is 29.9 Å². The molecule has 1 aliphatic heterocycles. The lowest BCUT2D eigenvalue weighted by molar-refractivity contribution is 0.0942. The van der Waals surface area contributed by atoms with Crippen LogP contribution in [-0.2, 0) is 16.4 Å². The first-order valence-electron chi connectivity index (χ1n) is 9.02. The van der Waals surface area contributed by atoms with E-state index >= 15 is 0 Å². The van der Waals surface area contributed by atoms with Gasteiger partial charge in [-0.2, -0.15) is 0 Å². The molecule has 0 N–H and O–H groups in total. The van der Waals surface area contributed by atoms with Crippen LogP contribution in [0.3, 0.4) is 0 Å². The van der Waals surface area contributed by atoms with E-state index in [1.807, 2.05) is 60.7 Å². The normalized spacial score (nSPS) is 18.9. The maximum Gasteiger partial charge on any atom is 0.178 e. The van der Waals surface area contributed by atoms with Crippen LogP contribution in [0.1, 0.15) is 39.8 Å². The third-order valence-corrected chi connectivity index (χ3v) is 7.29. The van der Waals surface area contributed by atoms with Gasteiger partial charge < -0.3 is 4.57 Å². The average Bonchev–Trinajstić information content (AvgIpc) is 3.08. The molecule has 3 rings (SSSR count). The summed E-state index contributed by atoms with van der Waals surface area (Å²) in [7, 11) is -1.08. The zero-order valence-corrected chi connectivity index (χ0v) is 17.5. The highest BCUT2D eigenvalue weighted by atomic mass is 35.5. The number of halogens is 1. The molecule has 0 aliphatic carbocycles. The van der Waals surface area contributed by atoms with Crippen molar-refractivity contribution in [1.82, 2.24) is 9.47 Å². The zero-order valence-electron chi connectivity index (χ0n) is 15.9. The van der Waals surface area contributed by atoms with Crippen molar-refractivity contribution in [1.29, 1.82) is 0 Å². The van der Waals surface area contributed by atoms with Gasteiger partial charge in [0.25, 0.3) is 0 Å². The molecule has 1 aliphatic rings. The Hall–Kier alpha value is -1.63. The largest absolute Gasteiger partial charge is 0.344 e. The number of hydrogen-bond acceptors (Lipinski definition) is 4. The summed E-state index contributed by atoms with van der Waals surface area (Å²) in [5.74, 6) is 0.409. The SMILES string of the molecule is Cc1cc(C(=O)CN(C)Cc2ccccc2Cl)c(C)n1C1CCS(=O)(=O)C1. The molecule has 1 saturated heterocycles. The molecule has 5 nitrogen and oxygen atoms in total. The number of likely N-dealkylation sites (N-methyl/N-ethyl adjacent to an activating group) is 1. The minimum absolute atomic E-state index is 0.0322. The zero-order chi connectivity index (χ0) is 19.8. The summed E-state index contributed by atoms with van der Waals surface area (Å²) in [4.78, 5) is 14.8. The molecular formula is C20H25ClN2O3S. The van der Waals surface area contributed by atoms with Gasteiger partial charge in [0.1, 0.15) is 0 Å². The van der Waals surface area contributed by atoms with Gasteiger partial charge in [-0.25, -0.2) is 8.42 Å². The fraction of sp³-hybridized carbons (Fsp3) is 0.450. The van der Waals surface area contributed by atoms with Crippen LogP contribution < -0.4 is 0 Å². The minimum Gasteiger partial charge on any atom is -0.344 e. The monoisotopic (exact) mass is 408 g/mol. The Morgan fingerprint density at radius 1 is 1.30 bits per heavy atom. The van der Waals surface area contributed by atoms with Crippen molar-refractivity contribution in [2.24, 2.45) is 0 Å². The van der Waals surface area contributed by atoms with Gasteiger partial charge in [0.15, 0.2) is 15.6 Å². The third-order valence-electron chi connectivity index (χ3n) is 5.17. The van der Waals surface area contributed by atoms with Gasteiger partial charge in [-0.3, -0.25) is 9.69 Å². The molecule has 1 aromatic carbocycles. The molecule has 1 fully saturated rings. The predicted octanol–water partition coefficient (Wildman–Crippen LogP) is 3.43. The second-order valence-electron chi connectivity index (χ2n) is 7.40.